The number of hydrogen-bond donors (Lipinski definition) is 0. The van der Waals surface area contributed by atoms with Gasteiger partial charge in [0.05, 0.1) is 0 Å². The Labute approximate surface area is 259 Å². The van der Waals surface area contributed by atoms with Crippen molar-refractivity contribution in [3.8, 4) is 0 Å². The zero-order chi connectivity index (χ0) is 31.3. The largest absolute Gasteiger partial charge is 0.462 e. The molecule has 0 spiro atoms. The third-order valence-electron chi connectivity index (χ3n) is 8.08. The molecule has 0 radical (unpaired) electrons. The third-order valence-corrected chi connectivity index (χ3v) is 8.08. The molecule has 0 aromatic heterocycles. The van der Waals surface area contributed by atoms with Crippen LogP contribution in [0.4, 0.5) is 0 Å². The van der Waals surface area contributed by atoms with Crippen molar-refractivity contribution in [3.05, 3.63) is 0 Å². The number of hydrogen-bond acceptors (Lipinski definition) is 6. The molecule has 6 heteroatoms. The first-order valence-electron chi connectivity index (χ1n) is 17.8. The number of rotatable bonds is 30. The Kier molecular flexibility index (Phi) is 28.4. The van der Waals surface area contributed by atoms with Gasteiger partial charge in [-0.3, -0.25) is 14.4 Å². The molecule has 0 saturated carbocycles. The van der Waals surface area contributed by atoms with Gasteiger partial charge in [0, 0.05) is 19.3 Å². The number of unbranched alkanes of at least 4 members (excludes halogenated alkanes) is 14. The maximum absolute atomic E-state index is 12.5. The Morgan fingerprint density at radius 1 is 0.500 bits per heavy atom. The summed E-state index contributed by atoms with van der Waals surface area (Å²) in [7, 11) is 0. The van der Waals surface area contributed by atoms with E-state index in [4.69, 9.17) is 14.2 Å². The van der Waals surface area contributed by atoms with Gasteiger partial charge < -0.3 is 14.2 Å². The molecule has 0 rings (SSSR count). The Morgan fingerprint density at radius 2 is 0.905 bits per heavy atom. The fourth-order valence-electron chi connectivity index (χ4n) is 4.95. The summed E-state index contributed by atoms with van der Waals surface area (Å²) in [5, 5.41) is 0. The molecule has 0 heterocycles. The van der Waals surface area contributed by atoms with Crippen LogP contribution >= 0.6 is 0 Å². The van der Waals surface area contributed by atoms with Crippen molar-refractivity contribution in [2.75, 3.05) is 13.2 Å². The van der Waals surface area contributed by atoms with Crippen molar-refractivity contribution in [2.24, 2.45) is 11.8 Å². The van der Waals surface area contributed by atoms with E-state index in [0.29, 0.717) is 19.3 Å². The van der Waals surface area contributed by atoms with Crippen LogP contribution in [0.25, 0.3) is 0 Å². The van der Waals surface area contributed by atoms with Gasteiger partial charge in [0.1, 0.15) is 13.2 Å². The van der Waals surface area contributed by atoms with E-state index in [1.165, 1.54) is 64.2 Å². The molecule has 0 bridgehead atoms. The molecule has 0 N–H and O–H groups in total. The fourth-order valence-corrected chi connectivity index (χ4v) is 4.95. The summed E-state index contributed by atoms with van der Waals surface area (Å²) in [6.07, 6.45) is 22.8. The Bertz CT molecular complexity index is 647. The minimum absolute atomic E-state index is 0.0697. The summed E-state index contributed by atoms with van der Waals surface area (Å²) in [5.74, 6) is 0.681. The minimum Gasteiger partial charge on any atom is -0.462 e. The Balaban J connectivity index is 4.35. The van der Waals surface area contributed by atoms with E-state index >= 15 is 0 Å². The molecule has 0 amide bonds. The summed E-state index contributed by atoms with van der Waals surface area (Å²) in [5.41, 5.74) is 0. The molecule has 42 heavy (non-hydrogen) atoms. The van der Waals surface area contributed by atoms with Crippen LogP contribution in [0.5, 0.6) is 0 Å². The highest BCUT2D eigenvalue weighted by atomic mass is 16.6. The average molecular weight is 597 g/mol. The molecule has 0 aliphatic carbocycles. The van der Waals surface area contributed by atoms with E-state index in [1.54, 1.807) is 0 Å². The predicted octanol–water partition coefficient (Wildman–Crippen LogP) is 10.3. The second-order valence-electron chi connectivity index (χ2n) is 12.9. The molecular weight excluding hydrogens is 528 g/mol. The van der Waals surface area contributed by atoms with E-state index in [1.807, 2.05) is 0 Å². The van der Waals surface area contributed by atoms with E-state index in [9.17, 15) is 14.4 Å². The molecule has 1 unspecified atom stereocenters. The first-order valence-corrected chi connectivity index (χ1v) is 17.8. The van der Waals surface area contributed by atoms with Crippen LogP contribution in [0, 0.1) is 11.8 Å². The van der Waals surface area contributed by atoms with E-state index in [0.717, 1.165) is 76.0 Å². The van der Waals surface area contributed by atoms with E-state index in [-0.39, 0.29) is 31.1 Å². The monoisotopic (exact) mass is 597 g/mol. The standard InChI is InChI=1S/C36H68O6/c1-6-8-9-14-21-26-34(37)40-29-33(30-41-35(38)27-22-17-12-10-15-19-24-31(3)4)42-36(39)28-23-18-13-11-16-20-25-32(5)7-2/h31-33H,6-30H2,1-5H3/t32?,33-/m1/s1. The van der Waals surface area contributed by atoms with Gasteiger partial charge in [0.25, 0.3) is 0 Å². The average Bonchev–Trinajstić information content (AvgIpc) is 2.96. The topological polar surface area (TPSA) is 78.9 Å². The number of esters is 3. The SMILES string of the molecule is CCCCCCCC(=O)OC[C@H](COC(=O)CCCCCCCCC(C)C)OC(=O)CCCCCCCCC(C)CC. The van der Waals surface area contributed by atoms with Crippen LogP contribution in [0.1, 0.15) is 182 Å². The smallest absolute Gasteiger partial charge is 0.306 e. The molecule has 6 nitrogen and oxygen atoms in total. The Hall–Kier alpha value is -1.59. The molecular formula is C36H68O6. The Morgan fingerprint density at radius 3 is 1.36 bits per heavy atom. The van der Waals surface area contributed by atoms with Crippen molar-refractivity contribution in [2.45, 2.75) is 188 Å². The van der Waals surface area contributed by atoms with Gasteiger partial charge in [-0.1, -0.05) is 144 Å². The molecule has 0 saturated heterocycles. The maximum Gasteiger partial charge on any atom is 0.306 e. The van der Waals surface area contributed by atoms with Crippen molar-refractivity contribution in [1.29, 1.82) is 0 Å². The molecule has 0 aliphatic heterocycles. The normalized spacial score (nSPS) is 12.7. The first kappa shape index (κ1) is 40.4. The van der Waals surface area contributed by atoms with Gasteiger partial charge in [-0.05, 0) is 31.1 Å². The summed E-state index contributed by atoms with van der Waals surface area (Å²) >= 11 is 0. The molecule has 0 aromatic carbocycles. The van der Waals surface area contributed by atoms with Crippen LogP contribution in [0.3, 0.4) is 0 Å². The molecule has 0 aromatic rings. The highest BCUT2D eigenvalue weighted by molar-refractivity contribution is 5.71. The van der Waals surface area contributed by atoms with Crippen molar-refractivity contribution in [3.63, 3.8) is 0 Å². The lowest BCUT2D eigenvalue weighted by molar-refractivity contribution is -0.167. The summed E-state index contributed by atoms with van der Waals surface area (Å²) in [4.78, 5) is 37.0. The summed E-state index contributed by atoms with van der Waals surface area (Å²) in [6, 6.07) is 0. The minimum atomic E-state index is -0.757. The zero-order valence-electron chi connectivity index (χ0n) is 28.4. The van der Waals surface area contributed by atoms with Crippen LogP contribution in [-0.2, 0) is 28.6 Å². The lowest BCUT2D eigenvalue weighted by Crippen LogP contribution is -2.30. The molecule has 248 valence electrons. The fraction of sp³-hybridized carbons (Fsp3) is 0.917. The van der Waals surface area contributed by atoms with Crippen molar-refractivity contribution in [1.82, 2.24) is 0 Å². The van der Waals surface area contributed by atoms with Gasteiger partial charge in [0.15, 0.2) is 6.10 Å². The van der Waals surface area contributed by atoms with Crippen LogP contribution in [-0.4, -0.2) is 37.2 Å². The van der Waals surface area contributed by atoms with E-state index < -0.39 is 6.10 Å². The molecule has 2 atom stereocenters. The van der Waals surface area contributed by atoms with Crippen LogP contribution in [0.2, 0.25) is 0 Å². The second-order valence-corrected chi connectivity index (χ2v) is 12.9. The number of carbonyl (C=O) groups excluding carboxylic acids is 3. The maximum atomic E-state index is 12.5. The highest BCUT2D eigenvalue weighted by Gasteiger charge is 2.19. The van der Waals surface area contributed by atoms with Gasteiger partial charge in [-0.15, -0.1) is 0 Å². The number of carbonyl (C=O) groups is 3. The van der Waals surface area contributed by atoms with Crippen LogP contribution < -0.4 is 0 Å². The zero-order valence-corrected chi connectivity index (χ0v) is 28.4. The lowest BCUT2D eigenvalue weighted by Gasteiger charge is -2.18. The first-order chi connectivity index (χ1) is 20.3. The number of ether oxygens (including phenoxy) is 3. The summed E-state index contributed by atoms with van der Waals surface area (Å²) < 4.78 is 16.4. The highest BCUT2D eigenvalue weighted by Crippen LogP contribution is 2.15. The van der Waals surface area contributed by atoms with E-state index in [2.05, 4.69) is 34.6 Å². The predicted molar refractivity (Wildman–Crippen MR) is 173 cm³/mol. The van der Waals surface area contributed by atoms with Crippen molar-refractivity contribution < 1.29 is 28.6 Å². The second kappa shape index (κ2) is 29.5. The quantitative estimate of drug-likeness (QED) is 0.0466. The van der Waals surface area contributed by atoms with Crippen LogP contribution in [0.15, 0.2) is 0 Å². The molecule has 0 fully saturated rings. The van der Waals surface area contributed by atoms with Gasteiger partial charge >= 0.3 is 17.9 Å². The molecule has 0 aliphatic rings. The van der Waals surface area contributed by atoms with Gasteiger partial charge in [-0.25, -0.2) is 0 Å². The lowest BCUT2D eigenvalue weighted by atomic mass is 10.00. The van der Waals surface area contributed by atoms with Crippen molar-refractivity contribution >= 4 is 17.9 Å². The van der Waals surface area contributed by atoms with Gasteiger partial charge in [-0.2, -0.15) is 0 Å². The van der Waals surface area contributed by atoms with Gasteiger partial charge in [0.2, 0.25) is 0 Å². The third kappa shape index (κ3) is 28.5. The summed E-state index contributed by atoms with van der Waals surface area (Å²) in [6.45, 7) is 11.1.